The van der Waals surface area contributed by atoms with Crippen LogP contribution in [0.15, 0.2) is 29.0 Å². The summed E-state index contributed by atoms with van der Waals surface area (Å²) in [5, 5.41) is 5.27. The Hall–Kier alpha value is -2.15. The quantitative estimate of drug-likeness (QED) is 0.819. The largest absolute Gasteiger partial charge is 0.467 e. The van der Waals surface area contributed by atoms with Crippen molar-refractivity contribution >= 4 is 28.3 Å². The highest BCUT2D eigenvalue weighted by molar-refractivity contribution is 7.15. The molecule has 2 amide bonds. The molecule has 94 valence electrons. The van der Waals surface area contributed by atoms with Gasteiger partial charge in [-0.2, -0.15) is 0 Å². The van der Waals surface area contributed by atoms with Gasteiger partial charge in [-0.3, -0.25) is 14.9 Å². The summed E-state index contributed by atoms with van der Waals surface area (Å²) in [6.07, 6.45) is 3.13. The molecule has 0 saturated carbocycles. The van der Waals surface area contributed by atoms with Crippen molar-refractivity contribution in [3.8, 4) is 0 Å². The topological polar surface area (TPSA) is 84.2 Å². The number of aryl methyl sites for hydroxylation is 1. The smallest absolute Gasteiger partial charge is 0.315 e. The number of nitrogens with zero attached hydrogens (tertiary/aromatic N) is 1. The van der Waals surface area contributed by atoms with Gasteiger partial charge in [-0.1, -0.05) is 0 Å². The molecule has 0 fully saturated rings. The Morgan fingerprint density at radius 2 is 2.28 bits per heavy atom. The van der Waals surface area contributed by atoms with Crippen molar-refractivity contribution in [2.24, 2.45) is 0 Å². The lowest BCUT2D eigenvalue weighted by Gasteiger charge is -2.02. The van der Waals surface area contributed by atoms with Crippen LogP contribution in [0.3, 0.4) is 0 Å². The third-order valence-corrected chi connectivity index (χ3v) is 2.88. The number of carbonyl (C=O) groups is 2. The van der Waals surface area contributed by atoms with Gasteiger partial charge < -0.3 is 9.73 Å². The molecule has 2 heterocycles. The first kappa shape index (κ1) is 12.3. The van der Waals surface area contributed by atoms with E-state index >= 15 is 0 Å². The van der Waals surface area contributed by atoms with Crippen LogP contribution in [-0.4, -0.2) is 16.8 Å². The zero-order valence-corrected chi connectivity index (χ0v) is 10.4. The summed E-state index contributed by atoms with van der Waals surface area (Å²) < 4.78 is 5.03. The van der Waals surface area contributed by atoms with Crippen LogP contribution in [0.4, 0.5) is 5.13 Å². The highest BCUT2D eigenvalue weighted by atomic mass is 32.1. The molecule has 0 aliphatic heterocycles. The molecule has 0 aliphatic carbocycles. The molecule has 0 saturated heterocycles. The van der Waals surface area contributed by atoms with Gasteiger partial charge in [0.15, 0.2) is 5.13 Å². The maximum Gasteiger partial charge on any atom is 0.315 e. The number of aromatic nitrogens is 1. The fourth-order valence-corrected chi connectivity index (χ4v) is 1.89. The summed E-state index contributed by atoms with van der Waals surface area (Å²) >= 11 is 1.31. The first-order valence-electron chi connectivity index (χ1n) is 5.19. The lowest BCUT2D eigenvalue weighted by atomic mass is 10.4. The highest BCUT2D eigenvalue weighted by Crippen LogP contribution is 2.16. The van der Waals surface area contributed by atoms with Gasteiger partial charge in [0, 0.05) is 11.1 Å². The lowest BCUT2D eigenvalue weighted by molar-refractivity contribution is -0.136. The second kappa shape index (κ2) is 5.46. The molecule has 2 rings (SSSR count). The first-order chi connectivity index (χ1) is 8.65. The van der Waals surface area contributed by atoms with Gasteiger partial charge >= 0.3 is 11.8 Å². The molecule has 2 aromatic rings. The van der Waals surface area contributed by atoms with Crippen LogP contribution in [0.25, 0.3) is 0 Å². The molecule has 0 aromatic carbocycles. The van der Waals surface area contributed by atoms with Gasteiger partial charge in [-0.25, -0.2) is 4.98 Å². The number of nitrogens with one attached hydrogen (secondary N) is 2. The Labute approximate surface area is 107 Å². The molecule has 0 unspecified atom stereocenters. The molecule has 0 spiro atoms. The van der Waals surface area contributed by atoms with E-state index in [-0.39, 0.29) is 6.54 Å². The molecule has 0 radical (unpaired) electrons. The van der Waals surface area contributed by atoms with Gasteiger partial charge in [0.2, 0.25) is 0 Å². The van der Waals surface area contributed by atoms with E-state index in [9.17, 15) is 9.59 Å². The maximum absolute atomic E-state index is 11.5. The predicted molar refractivity (Wildman–Crippen MR) is 66.0 cm³/mol. The van der Waals surface area contributed by atoms with Crippen LogP contribution in [-0.2, 0) is 16.1 Å². The monoisotopic (exact) mass is 265 g/mol. The van der Waals surface area contributed by atoms with Gasteiger partial charge in [0.1, 0.15) is 5.76 Å². The summed E-state index contributed by atoms with van der Waals surface area (Å²) in [4.78, 5) is 27.9. The number of furan rings is 1. The average molecular weight is 265 g/mol. The summed E-state index contributed by atoms with van der Waals surface area (Å²) in [5.41, 5.74) is 0. The Balaban J connectivity index is 1.83. The minimum atomic E-state index is -0.740. The van der Waals surface area contributed by atoms with Crippen LogP contribution in [0.1, 0.15) is 10.6 Å². The fourth-order valence-electron chi connectivity index (χ4n) is 1.23. The number of amides is 2. The van der Waals surface area contributed by atoms with Gasteiger partial charge in [-0.15, -0.1) is 11.3 Å². The third-order valence-electron chi connectivity index (χ3n) is 2.05. The van der Waals surface area contributed by atoms with Gasteiger partial charge in [-0.05, 0) is 19.1 Å². The van der Waals surface area contributed by atoms with Gasteiger partial charge in [0.25, 0.3) is 0 Å². The second-order valence-electron chi connectivity index (χ2n) is 3.49. The summed E-state index contributed by atoms with van der Waals surface area (Å²) in [5.74, 6) is -0.878. The Morgan fingerprint density at radius 3 is 2.89 bits per heavy atom. The van der Waals surface area contributed by atoms with Crippen molar-refractivity contribution in [3.63, 3.8) is 0 Å². The molecule has 6 nitrogen and oxygen atoms in total. The second-order valence-corrected chi connectivity index (χ2v) is 4.73. The van der Waals surface area contributed by atoms with Crippen LogP contribution >= 0.6 is 11.3 Å². The third kappa shape index (κ3) is 3.17. The van der Waals surface area contributed by atoms with Crippen LogP contribution in [0, 0.1) is 6.92 Å². The van der Waals surface area contributed by atoms with Crippen molar-refractivity contribution in [1.29, 1.82) is 0 Å². The molecule has 2 N–H and O–H groups in total. The first-order valence-corrected chi connectivity index (χ1v) is 6.01. The number of carbonyl (C=O) groups excluding carboxylic acids is 2. The number of thiazole rings is 1. The average Bonchev–Trinajstić information content (AvgIpc) is 2.97. The van der Waals surface area contributed by atoms with Crippen molar-refractivity contribution in [2.75, 3.05) is 5.32 Å². The van der Waals surface area contributed by atoms with Crippen LogP contribution < -0.4 is 10.6 Å². The van der Waals surface area contributed by atoms with Crippen LogP contribution in [0.2, 0.25) is 0 Å². The van der Waals surface area contributed by atoms with Crippen molar-refractivity contribution in [2.45, 2.75) is 13.5 Å². The molecule has 0 aliphatic rings. The normalized spacial score (nSPS) is 10.1. The molecule has 0 atom stereocenters. The van der Waals surface area contributed by atoms with E-state index in [1.807, 2.05) is 6.92 Å². The molecule has 7 heteroatoms. The molecular formula is C11H11N3O3S. The summed E-state index contributed by atoms with van der Waals surface area (Å²) in [6.45, 7) is 2.04. The lowest BCUT2D eigenvalue weighted by Crippen LogP contribution is -2.34. The van der Waals surface area contributed by atoms with E-state index in [0.717, 1.165) is 4.88 Å². The van der Waals surface area contributed by atoms with Crippen molar-refractivity contribution in [1.82, 2.24) is 10.3 Å². The van der Waals surface area contributed by atoms with E-state index in [1.165, 1.54) is 17.6 Å². The number of hydrogen-bond donors (Lipinski definition) is 2. The zero-order chi connectivity index (χ0) is 13.0. The number of anilines is 1. The Bertz CT molecular complexity index is 548. The number of hydrogen-bond acceptors (Lipinski definition) is 5. The molecule has 18 heavy (non-hydrogen) atoms. The van der Waals surface area contributed by atoms with Gasteiger partial charge in [0.05, 0.1) is 12.8 Å². The minimum Gasteiger partial charge on any atom is -0.467 e. The summed E-state index contributed by atoms with van der Waals surface area (Å²) in [7, 11) is 0. The predicted octanol–water partition coefficient (Wildman–Crippen LogP) is 1.30. The molecule has 2 aromatic heterocycles. The maximum atomic E-state index is 11.5. The van der Waals surface area contributed by atoms with E-state index in [2.05, 4.69) is 15.6 Å². The van der Waals surface area contributed by atoms with Crippen LogP contribution in [0.5, 0.6) is 0 Å². The van der Waals surface area contributed by atoms with Crippen molar-refractivity contribution < 1.29 is 14.0 Å². The minimum absolute atomic E-state index is 0.177. The fraction of sp³-hybridized carbons (Fsp3) is 0.182. The Kier molecular flexibility index (Phi) is 3.73. The van der Waals surface area contributed by atoms with E-state index in [0.29, 0.717) is 10.9 Å². The van der Waals surface area contributed by atoms with Crippen molar-refractivity contribution in [3.05, 3.63) is 35.2 Å². The van der Waals surface area contributed by atoms with E-state index < -0.39 is 11.8 Å². The Morgan fingerprint density at radius 1 is 1.44 bits per heavy atom. The summed E-state index contributed by atoms with van der Waals surface area (Å²) in [6, 6.07) is 3.42. The van der Waals surface area contributed by atoms with E-state index in [4.69, 9.17) is 4.42 Å². The molecule has 0 bridgehead atoms. The number of rotatable bonds is 3. The zero-order valence-electron chi connectivity index (χ0n) is 9.60. The highest BCUT2D eigenvalue weighted by Gasteiger charge is 2.15. The molecular weight excluding hydrogens is 254 g/mol. The standard InChI is InChI=1S/C11H11N3O3S/c1-7-5-13-11(18-7)14-10(16)9(15)12-6-8-3-2-4-17-8/h2-5H,6H2,1H3,(H,12,15)(H,13,14,16). The SMILES string of the molecule is Cc1cnc(NC(=O)C(=O)NCc2ccco2)s1. The van der Waals surface area contributed by atoms with E-state index in [1.54, 1.807) is 18.3 Å².